The fourth-order valence-electron chi connectivity index (χ4n) is 2.10. The van der Waals surface area contributed by atoms with Gasteiger partial charge in [-0.05, 0) is 24.3 Å². The van der Waals surface area contributed by atoms with E-state index in [2.05, 4.69) is 4.98 Å². The van der Waals surface area contributed by atoms with E-state index in [-0.39, 0.29) is 12.5 Å². The van der Waals surface area contributed by atoms with Crippen LogP contribution in [0.3, 0.4) is 0 Å². The number of anilines is 1. The zero-order chi connectivity index (χ0) is 14.8. The number of amides is 1. The predicted octanol–water partition coefficient (Wildman–Crippen LogP) is 1.65. The number of carbonyl (C=O) groups excluding carboxylic acids is 1. The first kappa shape index (κ1) is 13.1. The fraction of sp³-hybridized carbons (Fsp3) is 0.133. The summed E-state index contributed by atoms with van der Waals surface area (Å²) in [4.78, 5) is 29.6. The molecule has 0 saturated heterocycles. The molecule has 6 nitrogen and oxygen atoms in total. The molecular weight excluding hydrogens is 270 g/mol. The van der Waals surface area contributed by atoms with E-state index in [0.717, 1.165) is 0 Å². The van der Waals surface area contributed by atoms with Crippen LogP contribution in [0.2, 0.25) is 0 Å². The molecule has 0 fully saturated rings. The van der Waals surface area contributed by atoms with Crippen molar-refractivity contribution in [1.29, 1.82) is 0 Å². The Morgan fingerprint density at radius 1 is 1.29 bits per heavy atom. The minimum atomic E-state index is -0.538. The van der Waals surface area contributed by atoms with Gasteiger partial charge >= 0.3 is 5.76 Å². The highest BCUT2D eigenvalue weighted by Crippen LogP contribution is 2.14. The first-order valence-corrected chi connectivity index (χ1v) is 6.42. The molecule has 2 heterocycles. The number of fused-ring (bicyclic) bond motifs is 1. The molecule has 3 rings (SSSR count). The molecule has 0 radical (unpaired) electrons. The van der Waals surface area contributed by atoms with E-state index in [1.54, 1.807) is 55.8 Å². The summed E-state index contributed by atoms with van der Waals surface area (Å²) < 4.78 is 6.43. The number of nitrogens with zero attached hydrogens (tertiary/aromatic N) is 3. The van der Waals surface area contributed by atoms with E-state index in [1.807, 2.05) is 0 Å². The number of hydrogen-bond donors (Lipinski definition) is 0. The second kappa shape index (κ2) is 5.24. The van der Waals surface area contributed by atoms with Crippen LogP contribution < -0.4 is 10.7 Å². The zero-order valence-electron chi connectivity index (χ0n) is 11.4. The topological polar surface area (TPSA) is 68.3 Å². The quantitative estimate of drug-likeness (QED) is 0.733. The number of oxazole rings is 1. The highest BCUT2D eigenvalue weighted by atomic mass is 16.4. The van der Waals surface area contributed by atoms with Crippen LogP contribution in [-0.2, 0) is 11.3 Å². The second-order valence-corrected chi connectivity index (χ2v) is 4.59. The van der Waals surface area contributed by atoms with E-state index in [1.165, 1.54) is 9.47 Å². The maximum Gasteiger partial charge on any atom is 0.420 e. The summed E-state index contributed by atoms with van der Waals surface area (Å²) in [6.45, 7) is -0.0821. The number of para-hydroxylation sites is 2. The van der Waals surface area contributed by atoms with Crippen LogP contribution in [0.15, 0.2) is 58.0 Å². The number of aromatic nitrogens is 2. The number of pyridine rings is 1. The van der Waals surface area contributed by atoms with Gasteiger partial charge in [0.2, 0.25) is 5.91 Å². The third-order valence-electron chi connectivity index (χ3n) is 3.27. The molecule has 0 atom stereocenters. The van der Waals surface area contributed by atoms with Crippen molar-refractivity contribution in [3.8, 4) is 0 Å². The van der Waals surface area contributed by atoms with Gasteiger partial charge in [0.1, 0.15) is 6.54 Å². The molecule has 0 aliphatic heterocycles. The van der Waals surface area contributed by atoms with Gasteiger partial charge in [0.15, 0.2) is 5.58 Å². The Bertz CT molecular complexity index is 836. The minimum Gasteiger partial charge on any atom is -0.408 e. The van der Waals surface area contributed by atoms with E-state index in [9.17, 15) is 9.59 Å². The van der Waals surface area contributed by atoms with Gasteiger partial charge in [-0.3, -0.25) is 14.3 Å². The van der Waals surface area contributed by atoms with Gasteiger partial charge in [-0.15, -0.1) is 0 Å². The lowest BCUT2D eigenvalue weighted by Gasteiger charge is -2.16. The van der Waals surface area contributed by atoms with Crippen LogP contribution >= 0.6 is 0 Å². The van der Waals surface area contributed by atoms with Gasteiger partial charge in [-0.25, -0.2) is 4.79 Å². The summed E-state index contributed by atoms with van der Waals surface area (Å²) in [6.07, 6.45) is 3.23. The summed E-state index contributed by atoms with van der Waals surface area (Å²) >= 11 is 0. The Morgan fingerprint density at radius 2 is 2.10 bits per heavy atom. The average molecular weight is 283 g/mol. The molecular formula is C15H13N3O3. The molecule has 106 valence electrons. The summed E-state index contributed by atoms with van der Waals surface area (Å²) in [5.41, 5.74) is 1.75. The maximum absolute atomic E-state index is 12.3. The molecule has 0 unspecified atom stereocenters. The van der Waals surface area contributed by atoms with Gasteiger partial charge in [-0.2, -0.15) is 0 Å². The first-order valence-electron chi connectivity index (χ1n) is 6.42. The van der Waals surface area contributed by atoms with Gasteiger partial charge in [0, 0.05) is 13.2 Å². The molecule has 0 aliphatic carbocycles. The maximum atomic E-state index is 12.3. The van der Waals surface area contributed by atoms with Crippen molar-refractivity contribution >= 4 is 22.7 Å². The van der Waals surface area contributed by atoms with E-state index in [4.69, 9.17) is 4.42 Å². The molecule has 21 heavy (non-hydrogen) atoms. The van der Waals surface area contributed by atoms with Gasteiger partial charge < -0.3 is 9.32 Å². The lowest BCUT2D eigenvalue weighted by atomic mass is 10.3. The van der Waals surface area contributed by atoms with Crippen molar-refractivity contribution in [3.63, 3.8) is 0 Å². The second-order valence-electron chi connectivity index (χ2n) is 4.59. The molecule has 1 aromatic carbocycles. The minimum absolute atomic E-state index is 0.0821. The van der Waals surface area contributed by atoms with E-state index in [0.29, 0.717) is 16.8 Å². The molecule has 3 aromatic rings. The van der Waals surface area contributed by atoms with Crippen LogP contribution in [0, 0.1) is 0 Å². The lowest BCUT2D eigenvalue weighted by Crippen LogP contribution is -2.32. The molecule has 2 aromatic heterocycles. The van der Waals surface area contributed by atoms with Gasteiger partial charge in [-0.1, -0.05) is 12.1 Å². The number of benzene rings is 1. The third-order valence-corrected chi connectivity index (χ3v) is 3.27. The Kier molecular flexibility index (Phi) is 3.27. The third kappa shape index (κ3) is 2.43. The largest absolute Gasteiger partial charge is 0.420 e. The predicted molar refractivity (Wildman–Crippen MR) is 78.1 cm³/mol. The highest BCUT2D eigenvalue weighted by Gasteiger charge is 2.16. The highest BCUT2D eigenvalue weighted by molar-refractivity contribution is 5.93. The van der Waals surface area contributed by atoms with Crippen molar-refractivity contribution < 1.29 is 9.21 Å². The van der Waals surface area contributed by atoms with Crippen molar-refractivity contribution in [2.75, 3.05) is 11.9 Å². The molecule has 0 N–H and O–H groups in total. The average Bonchev–Trinajstić information content (AvgIpc) is 2.83. The standard InChI is InChI=1S/C15H13N3O3/c1-17(11-5-4-8-16-9-11)14(19)10-18-12-6-2-3-7-13(12)21-15(18)20/h2-9H,10H2,1H3. The number of likely N-dealkylation sites (N-methyl/N-ethyl adjacent to an activating group) is 1. The van der Waals surface area contributed by atoms with Crippen LogP contribution in [0.25, 0.3) is 11.1 Å². The zero-order valence-corrected chi connectivity index (χ0v) is 11.4. The van der Waals surface area contributed by atoms with Crippen molar-refractivity contribution in [2.45, 2.75) is 6.54 Å². The Balaban J connectivity index is 1.90. The normalized spacial score (nSPS) is 10.7. The Hall–Kier alpha value is -2.89. The molecule has 0 bridgehead atoms. The lowest BCUT2D eigenvalue weighted by molar-refractivity contribution is -0.118. The summed E-state index contributed by atoms with van der Waals surface area (Å²) in [5.74, 6) is -0.763. The van der Waals surface area contributed by atoms with Crippen molar-refractivity contribution in [3.05, 3.63) is 59.3 Å². The summed E-state index contributed by atoms with van der Waals surface area (Å²) in [5, 5.41) is 0. The van der Waals surface area contributed by atoms with E-state index < -0.39 is 5.76 Å². The SMILES string of the molecule is CN(C(=O)Cn1c(=O)oc2ccccc21)c1cccnc1. The molecule has 6 heteroatoms. The summed E-state index contributed by atoms with van der Waals surface area (Å²) in [6, 6.07) is 10.5. The van der Waals surface area contributed by atoms with Gasteiger partial charge in [0.05, 0.1) is 17.4 Å². The number of carbonyl (C=O) groups is 1. The van der Waals surface area contributed by atoms with Crippen molar-refractivity contribution in [2.24, 2.45) is 0 Å². The fourth-order valence-corrected chi connectivity index (χ4v) is 2.10. The Labute approximate surface area is 120 Å². The first-order chi connectivity index (χ1) is 10.2. The van der Waals surface area contributed by atoms with Crippen LogP contribution in [0.1, 0.15) is 0 Å². The van der Waals surface area contributed by atoms with Gasteiger partial charge in [0.25, 0.3) is 0 Å². The van der Waals surface area contributed by atoms with E-state index >= 15 is 0 Å². The van der Waals surface area contributed by atoms with Crippen LogP contribution in [0.4, 0.5) is 5.69 Å². The van der Waals surface area contributed by atoms with Crippen LogP contribution in [-0.4, -0.2) is 22.5 Å². The monoisotopic (exact) mass is 283 g/mol. The Morgan fingerprint density at radius 3 is 2.86 bits per heavy atom. The number of rotatable bonds is 3. The molecule has 0 spiro atoms. The molecule has 0 saturated carbocycles. The molecule has 1 amide bonds. The molecule has 0 aliphatic rings. The number of hydrogen-bond acceptors (Lipinski definition) is 4. The van der Waals surface area contributed by atoms with Crippen LogP contribution in [0.5, 0.6) is 0 Å². The van der Waals surface area contributed by atoms with Crippen molar-refractivity contribution in [1.82, 2.24) is 9.55 Å². The smallest absolute Gasteiger partial charge is 0.408 e. The summed E-state index contributed by atoms with van der Waals surface area (Å²) in [7, 11) is 1.65.